The van der Waals surface area contributed by atoms with E-state index in [0.29, 0.717) is 15.5 Å². The van der Waals surface area contributed by atoms with E-state index in [1.165, 1.54) is 11.0 Å². The Kier molecular flexibility index (Phi) is 4.41. The summed E-state index contributed by atoms with van der Waals surface area (Å²) in [6.45, 7) is 0.183. The summed E-state index contributed by atoms with van der Waals surface area (Å²) in [6, 6.07) is 13.6. The van der Waals surface area contributed by atoms with Crippen LogP contribution in [0.1, 0.15) is 11.1 Å². The third-order valence-corrected chi connectivity index (χ3v) is 4.41. The van der Waals surface area contributed by atoms with Crippen molar-refractivity contribution in [2.75, 3.05) is 0 Å². The van der Waals surface area contributed by atoms with E-state index < -0.39 is 0 Å². The molecule has 3 rings (SSSR count). The molecule has 1 aliphatic rings. The number of carbonyl (C=O) groups is 2. The second-order valence-corrected chi connectivity index (χ2v) is 6.42. The van der Waals surface area contributed by atoms with Crippen molar-refractivity contribution in [3.8, 4) is 5.75 Å². The number of phenols is 1. The lowest BCUT2D eigenvalue weighted by molar-refractivity contribution is -0.123. The molecule has 2 aromatic rings. The van der Waals surface area contributed by atoms with Crippen LogP contribution in [-0.4, -0.2) is 21.2 Å². The molecule has 0 aromatic heterocycles. The Morgan fingerprint density at radius 2 is 1.91 bits per heavy atom. The Morgan fingerprint density at radius 3 is 2.65 bits per heavy atom. The van der Waals surface area contributed by atoms with Gasteiger partial charge in [-0.25, -0.2) is 0 Å². The molecular weight excluding hydrogens is 334 g/mol. The highest BCUT2D eigenvalue weighted by Crippen LogP contribution is 2.33. The Balaban J connectivity index is 1.82. The van der Waals surface area contributed by atoms with Crippen LogP contribution in [0, 0.1) is 0 Å². The highest BCUT2D eigenvalue weighted by Gasteiger charge is 2.34. The van der Waals surface area contributed by atoms with Gasteiger partial charge in [0, 0.05) is 5.02 Å². The zero-order valence-electron chi connectivity index (χ0n) is 11.9. The Bertz CT molecular complexity index is 819. The number of nitrogens with zero attached hydrogens (tertiary/aromatic N) is 1. The van der Waals surface area contributed by atoms with Crippen LogP contribution in [0.5, 0.6) is 5.75 Å². The number of hydrogen-bond acceptors (Lipinski definition) is 4. The third kappa shape index (κ3) is 3.57. The van der Waals surface area contributed by atoms with E-state index in [1.807, 2.05) is 6.07 Å². The molecule has 1 aliphatic heterocycles. The van der Waals surface area contributed by atoms with Crippen LogP contribution in [0.25, 0.3) is 6.08 Å². The van der Waals surface area contributed by atoms with E-state index in [-0.39, 0.29) is 23.4 Å². The number of imide groups is 1. The first-order valence-corrected chi connectivity index (χ1v) is 8.01. The van der Waals surface area contributed by atoms with Crippen LogP contribution >= 0.6 is 23.4 Å². The van der Waals surface area contributed by atoms with Crippen molar-refractivity contribution >= 4 is 40.6 Å². The van der Waals surface area contributed by atoms with Gasteiger partial charge in [0.15, 0.2) is 0 Å². The Labute approximate surface area is 142 Å². The van der Waals surface area contributed by atoms with Crippen molar-refractivity contribution < 1.29 is 14.7 Å². The molecule has 1 N–H and O–H groups in total. The topological polar surface area (TPSA) is 57.6 Å². The molecule has 0 bridgehead atoms. The van der Waals surface area contributed by atoms with E-state index in [0.717, 1.165) is 17.3 Å². The highest BCUT2D eigenvalue weighted by atomic mass is 35.5. The fourth-order valence-electron chi connectivity index (χ4n) is 2.22. The lowest BCUT2D eigenvalue weighted by Crippen LogP contribution is -2.27. The number of carbonyl (C=O) groups excluding carboxylic acids is 2. The maximum absolute atomic E-state index is 12.4. The van der Waals surface area contributed by atoms with Crippen molar-refractivity contribution in [1.29, 1.82) is 0 Å². The van der Waals surface area contributed by atoms with Gasteiger partial charge in [0.1, 0.15) is 5.75 Å². The first-order chi connectivity index (χ1) is 11.0. The van der Waals surface area contributed by atoms with E-state index in [2.05, 4.69) is 0 Å². The molecule has 2 amide bonds. The summed E-state index contributed by atoms with van der Waals surface area (Å²) in [4.78, 5) is 26.0. The average molecular weight is 346 g/mol. The van der Waals surface area contributed by atoms with Gasteiger partial charge in [0.2, 0.25) is 0 Å². The summed E-state index contributed by atoms with van der Waals surface area (Å²) in [6.07, 6.45) is 1.60. The minimum atomic E-state index is -0.344. The van der Waals surface area contributed by atoms with Gasteiger partial charge in [0.05, 0.1) is 11.4 Å². The van der Waals surface area contributed by atoms with Gasteiger partial charge in [0.25, 0.3) is 11.1 Å². The molecule has 1 saturated heterocycles. The van der Waals surface area contributed by atoms with Gasteiger partial charge in [-0.15, -0.1) is 0 Å². The summed E-state index contributed by atoms with van der Waals surface area (Å²) < 4.78 is 0. The molecule has 0 unspecified atom stereocenters. The molecule has 6 heteroatoms. The zero-order chi connectivity index (χ0) is 16.4. The molecule has 4 nitrogen and oxygen atoms in total. The number of aromatic hydroxyl groups is 1. The van der Waals surface area contributed by atoms with Crippen molar-refractivity contribution in [1.82, 2.24) is 4.90 Å². The van der Waals surface area contributed by atoms with Crippen molar-refractivity contribution in [2.24, 2.45) is 0 Å². The van der Waals surface area contributed by atoms with Crippen molar-refractivity contribution in [3.05, 3.63) is 69.6 Å². The monoisotopic (exact) mass is 345 g/mol. The zero-order valence-corrected chi connectivity index (χ0v) is 13.5. The van der Waals surface area contributed by atoms with Gasteiger partial charge in [-0.2, -0.15) is 0 Å². The van der Waals surface area contributed by atoms with Crippen LogP contribution in [-0.2, 0) is 11.3 Å². The summed E-state index contributed by atoms with van der Waals surface area (Å²) in [5.41, 5.74) is 1.46. The van der Waals surface area contributed by atoms with Crippen LogP contribution in [0.2, 0.25) is 5.02 Å². The summed E-state index contributed by atoms with van der Waals surface area (Å²) in [5, 5.41) is 9.71. The summed E-state index contributed by atoms with van der Waals surface area (Å²) in [7, 11) is 0. The molecule has 1 fully saturated rings. The largest absolute Gasteiger partial charge is 0.508 e. The first-order valence-electron chi connectivity index (χ1n) is 6.82. The second kappa shape index (κ2) is 6.48. The summed E-state index contributed by atoms with van der Waals surface area (Å²) in [5.74, 6) is -0.236. The number of phenolic OH excluding ortho intramolecular Hbond substituents is 1. The fraction of sp³-hybridized carbons (Fsp3) is 0.0588. The standard InChI is InChI=1S/C17H12ClNO3S/c18-13-5-1-4-12(7-13)10-19-16(21)15(23-17(19)22)9-11-3-2-6-14(20)8-11/h1-9,20H,10H2/b15-9-. The molecule has 1 heterocycles. The molecule has 0 atom stereocenters. The Hall–Kier alpha value is -2.24. The van der Waals surface area contributed by atoms with Crippen LogP contribution in [0.15, 0.2) is 53.4 Å². The molecule has 0 radical (unpaired) electrons. The Morgan fingerprint density at radius 1 is 1.13 bits per heavy atom. The quantitative estimate of drug-likeness (QED) is 0.843. The number of benzene rings is 2. The molecule has 0 spiro atoms. The SMILES string of the molecule is O=C1S/C(=C\c2cccc(O)c2)C(=O)N1Cc1cccc(Cl)c1. The second-order valence-electron chi connectivity index (χ2n) is 4.99. The van der Waals surface area contributed by atoms with E-state index in [1.54, 1.807) is 42.5 Å². The fourth-order valence-corrected chi connectivity index (χ4v) is 3.27. The minimum absolute atomic E-state index is 0.108. The maximum Gasteiger partial charge on any atom is 0.293 e. The van der Waals surface area contributed by atoms with Crippen LogP contribution < -0.4 is 0 Å². The molecular formula is C17H12ClNO3S. The van der Waals surface area contributed by atoms with Gasteiger partial charge < -0.3 is 5.11 Å². The normalized spacial score (nSPS) is 16.4. The molecule has 2 aromatic carbocycles. The highest BCUT2D eigenvalue weighted by molar-refractivity contribution is 8.18. The average Bonchev–Trinajstić information content (AvgIpc) is 2.75. The maximum atomic E-state index is 12.4. The lowest BCUT2D eigenvalue weighted by Gasteiger charge is -2.12. The predicted octanol–water partition coefficient (Wildman–Crippen LogP) is 4.28. The third-order valence-electron chi connectivity index (χ3n) is 3.27. The number of halogens is 1. The number of amides is 2. The minimum Gasteiger partial charge on any atom is -0.508 e. The van der Waals surface area contributed by atoms with Gasteiger partial charge in [-0.3, -0.25) is 14.5 Å². The van der Waals surface area contributed by atoms with Gasteiger partial charge >= 0.3 is 0 Å². The summed E-state index contributed by atoms with van der Waals surface area (Å²) >= 11 is 6.82. The lowest BCUT2D eigenvalue weighted by atomic mass is 10.2. The van der Waals surface area contributed by atoms with E-state index >= 15 is 0 Å². The smallest absolute Gasteiger partial charge is 0.293 e. The van der Waals surface area contributed by atoms with Gasteiger partial charge in [-0.1, -0.05) is 35.9 Å². The number of rotatable bonds is 3. The van der Waals surface area contributed by atoms with Crippen molar-refractivity contribution in [3.63, 3.8) is 0 Å². The van der Waals surface area contributed by atoms with Crippen LogP contribution in [0.4, 0.5) is 4.79 Å². The predicted molar refractivity (Wildman–Crippen MR) is 91.1 cm³/mol. The molecule has 23 heavy (non-hydrogen) atoms. The molecule has 0 aliphatic carbocycles. The molecule has 0 saturated carbocycles. The van der Waals surface area contributed by atoms with E-state index in [9.17, 15) is 14.7 Å². The van der Waals surface area contributed by atoms with Gasteiger partial charge in [-0.05, 0) is 53.2 Å². The van der Waals surface area contributed by atoms with E-state index in [4.69, 9.17) is 11.6 Å². The van der Waals surface area contributed by atoms with Crippen LogP contribution in [0.3, 0.4) is 0 Å². The molecule has 116 valence electrons. The first kappa shape index (κ1) is 15.6. The van der Waals surface area contributed by atoms with Crippen molar-refractivity contribution in [2.45, 2.75) is 6.54 Å². The number of thioether (sulfide) groups is 1. The number of hydrogen-bond donors (Lipinski definition) is 1.